The largest absolute Gasteiger partial charge is 0.457 e. The van der Waals surface area contributed by atoms with Crippen molar-refractivity contribution >= 4 is 23.3 Å². The average molecular weight is 449 g/mol. The first-order valence-electron chi connectivity index (χ1n) is 10.3. The summed E-state index contributed by atoms with van der Waals surface area (Å²) >= 11 is 6.31. The molecule has 0 aliphatic carbocycles. The molecule has 3 aromatic rings. The van der Waals surface area contributed by atoms with Crippen molar-refractivity contribution in [2.24, 2.45) is 5.92 Å². The number of benzene rings is 3. The minimum Gasteiger partial charge on any atom is -0.457 e. The normalized spacial score (nSPS) is 12.5. The molecule has 0 saturated heterocycles. The van der Waals surface area contributed by atoms with Crippen molar-refractivity contribution in [3.05, 3.63) is 88.9 Å². The van der Waals surface area contributed by atoms with Gasteiger partial charge in [0.2, 0.25) is 6.10 Å². The second kappa shape index (κ2) is 10.7. The maximum atomic E-state index is 13.0. The predicted octanol–water partition coefficient (Wildman–Crippen LogP) is 6.69. The Hall–Kier alpha value is -3.49. The van der Waals surface area contributed by atoms with Crippen LogP contribution in [0.4, 0.5) is 5.69 Å². The number of carbonyl (C=O) groups is 1. The molecule has 1 unspecified atom stereocenters. The number of anilines is 1. The van der Waals surface area contributed by atoms with Crippen LogP contribution in [0.15, 0.2) is 72.8 Å². The number of nitriles is 1. The van der Waals surface area contributed by atoms with Crippen LogP contribution in [-0.2, 0) is 9.53 Å². The molecule has 0 bridgehead atoms. The molecule has 0 amide bonds. The Kier molecular flexibility index (Phi) is 7.75. The lowest BCUT2D eigenvalue weighted by Crippen LogP contribution is -2.36. The Balaban J connectivity index is 1.75. The molecule has 32 heavy (non-hydrogen) atoms. The van der Waals surface area contributed by atoms with Crippen molar-refractivity contribution in [1.29, 1.82) is 5.26 Å². The van der Waals surface area contributed by atoms with Gasteiger partial charge in [0, 0.05) is 5.56 Å². The quantitative estimate of drug-likeness (QED) is 0.389. The van der Waals surface area contributed by atoms with Gasteiger partial charge in [-0.25, -0.2) is 4.79 Å². The maximum Gasteiger partial charge on any atom is 0.330 e. The zero-order valence-corrected chi connectivity index (χ0v) is 19.0. The first-order valence-corrected chi connectivity index (χ1v) is 10.7. The number of ether oxygens (including phenoxy) is 2. The fourth-order valence-corrected chi connectivity index (χ4v) is 3.42. The van der Waals surface area contributed by atoms with E-state index in [9.17, 15) is 10.1 Å². The monoisotopic (exact) mass is 448 g/mol. The second-order valence-electron chi connectivity index (χ2n) is 7.78. The number of nitrogens with one attached hydrogen (secondary N) is 1. The minimum absolute atomic E-state index is 0.0908. The van der Waals surface area contributed by atoms with Crippen LogP contribution in [0.3, 0.4) is 0 Å². The lowest BCUT2D eigenvalue weighted by molar-refractivity contribution is -0.148. The number of nitrogens with zero attached hydrogens (tertiary/aromatic N) is 1. The summed E-state index contributed by atoms with van der Waals surface area (Å²) in [5, 5.41) is 13.4. The summed E-state index contributed by atoms with van der Waals surface area (Å²) < 4.78 is 11.4. The molecule has 0 fully saturated rings. The lowest BCUT2D eigenvalue weighted by Gasteiger charge is -2.24. The van der Waals surface area contributed by atoms with Gasteiger partial charge in [-0.2, -0.15) is 5.26 Å². The van der Waals surface area contributed by atoms with Gasteiger partial charge in [-0.15, -0.1) is 0 Å². The summed E-state index contributed by atoms with van der Waals surface area (Å²) in [5.41, 5.74) is 2.19. The number of hydrogen-bond donors (Lipinski definition) is 1. The molecule has 0 spiro atoms. The van der Waals surface area contributed by atoms with Crippen LogP contribution in [-0.4, -0.2) is 12.0 Å². The number of aryl methyl sites for hydroxylation is 1. The Labute approximate surface area is 193 Å². The van der Waals surface area contributed by atoms with Crippen molar-refractivity contribution in [2.75, 3.05) is 5.32 Å². The van der Waals surface area contributed by atoms with Crippen molar-refractivity contribution in [1.82, 2.24) is 0 Å². The van der Waals surface area contributed by atoms with E-state index in [1.165, 1.54) is 0 Å². The standard InChI is InChI=1S/C26H25ClN2O3/c1-17(2)25(29-23-13-12-18(3)14-22(23)27)26(30)32-24(16-28)19-8-7-11-21(15-19)31-20-9-5-4-6-10-20/h4-15,17,24-25,29H,1-3H3/t24?,25-/m1/s1. The van der Waals surface area contributed by atoms with E-state index in [1.807, 2.05) is 69.3 Å². The summed E-state index contributed by atoms with van der Waals surface area (Å²) in [7, 11) is 0. The number of hydrogen-bond acceptors (Lipinski definition) is 5. The molecule has 3 aromatic carbocycles. The molecule has 1 N–H and O–H groups in total. The smallest absolute Gasteiger partial charge is 0.330 e. The third kappa shape index (κ3) is 6.03. The summed E-state index contributed by atoms with van der Waals surface area (Å²) in [4.78, 5) is 13.0. The van der Waals surface area contributed by atoms with E-state index in [0.717, 1.165) is 5.56 Å². The van der Waals surface area contributed by atoms with Gasteiger partial charge in [-0.1, -0.05) is 61.8 Å². The Morgan fingerprint density at radius 2 is 1.72 bits per heavy atom. The molecule has 164 valence electrons. The van der Waals surface area contributed by atoms with Gasteiger partial charge in [0.05, 0.1) is 10.7 Å². The molecule has 5 nitrogen and oxygen atoms in total. The van der Waals surface area contributed by atoms with E-state index in [-0.39, 0.29) is 5.92 Å². The van der Waals surface area contributed by atoms with Gasteiger partial charge < -0.3 is 14.8 Å². The number of halogens is 1. The van der Waals surface area contributed by atoms with E-state index in [2.05, 4.69) is 11.4 Å². The molecule has 0 aromatic heterocycles. The number of para-hydroxylation sites is 1. The number of esters is 1. The highest BCUT2D eigenvalue weighted by Crippen LogP contribution is 2.28. The van der Waals surface area contributed by atoms with Gasteiger partial charge in [0.25, 0.3) is 0 Å². The Morgan fingerprint density at radius 1 is 1.00 bits per heavy atom. The summed E-state index contributed by atoms with van der Waals surface area (Å²) in [6, 6.07) is 23.2. The Morgan fingerprint density at radius 3 is 2.38 bits per heavy atom. The van der Waals surface area contributed by atoms with Crippen molar-refractivity contribution in [3.63, 3.8) is 0 Å². The van der Waals surface area contributed by atoms with Gasteiger partial charge in [-0.3, -0.25) is 0 Å². The molecular formula is C26H25ClN2O3. The van der Waals surface area contributed by atoms with Crippen molar-refractivity contribution in [3.8, 4) is 17.6 Å². The maximum absolute atomic E-state index is 13.0. The van der Waals surface area contributed by atoms with Crippen LogP contribution >= 0.6 is 11.6 Å². The molecule has 0 saturated carbocycles. The molecule has 3 rings (SSSR count). The zero-order chi connectivity index (χ0) is 23.1. The summed E-state index contributed by atoms with van der Waals surface area (Å²) in [6.07, 6.45) is -1.07. The van der Waals surface area contributed by atoms with Crippen molar-refractivity contribution < 1.29 is 14.3 Å². The topological polar surface area (TPSA) is 71.3 Å². The van der Waals surface area contributed by atoms with Crippen LogP contribution in [0.1, 0.15) is 31.1 Å². The van der Waals surface area contributed by atoms with E-state index < -0.39 is 18.1 Å². The molecule has 0 aliphatic heterocycles. The van der Waals surface area contributed by atoms with Crippen LogP contribution in [0, 0.1) is 24.2 Å². The first kappa shape index (κ1) is 23.2. The predicted molar refractivity (Wildman–Crippen MR) is 126 cm³/mol. The summed E-state index contributed by atoms with van der Waals surface area (Å²) in [5.74, 6) is 0.605. The average Bonchev–Trinajstić information content (AvgIpc) is 2.77. The molecule has 0 radical (unpaired) electrons. The molecule has 0 aliphatic rings. The molecule has 6 heteroatoms. The highest BCUT2D eigenvalue weighted by Gasteiger charge is 2.28. The van der Waals surface area contributed by atoms with Crippen LogP contribution in [0.25, 0.3) is 0 Å². The lowest BCUT2D eigenvalue weighted by atomic mass is 10.0. The first-order chi connectivity index (χ1) is 15.4. The number of carbonyl (C=O) groups excluding carboxylic acids is 1. The second-order valence-corrected chi connectivity index (χ2v) is 8.19. The minimum atomic E-state index is -1.07. The third-order valence-corrected chi connectivity index (χ3v) is 5.16. The van der Waals surface area contributed by atoms with Crippen LogP contribution in [0.5, 0.6) is 11.5 Å². The zero-order valence-electron chi connectivity index (χ0n) is 18.2. The molecule has 2 atom stereocenters. The Bertz CT molecular complexity index is 1110. The van der Waals surface area contributed by atoms with Gasteiger partial charge in [0.1, 0.15) is 23.6 Å². The fraction of sp³-hybridized carbons (Fsp3) is 0.231. The third-order valence-electron chi connectivity index (χ3n) is 4.85. The van der Waals surface area contributed by atoms with Gasteiger partial charge >= 0.3 is 5.97 Å². The highest BCUT2D eigenvalue weighted by atomic mass is 35.5. The van der Waals surface area contributed by atoms with Gasteiger partial charge in [-0.05, 0) is 54.8 Å². The van der Waals surface area contributed by atoms with Crippen LogP contribution < -0.4 is 10.1 Å². The van der Waals surface area contributed by atoms with E-state index in [0.29, 0.717) is 27.8 Å². The SMILES string of the molecule is Cc1ccc(N[C@@H](C(=O)OC(C#N)c2cccc(Oc3ccccc3)c2)C(C)C)c(Cl)c1. The van der Waals surface area contributed by atoms with E-state index in [1.54, 1.807) is 24.3 Å². The molecular weight excluding hydrogens is 424 g/mol. The van der Waals surface area contributed by atoms with E-state index in [4.69, 9.17) is 21.1 Å². The molecule has 0 heterocycles. The van der Waals surface area contributed by atoms with Gasteiger partial charge in [0.15, 0.2) is 0 Å². The van der Waals surface area contributed by atoms with Crippen molar-refractivity contribution in [2.45, 2.75) is 32.9 Å². The van der Waals surface area contributed by atoms with Crippen LogP contribution in [0.2, 0.25) is 5.02 Å². The number of rotatable bonds is 8. The van der Waals surface area contributed by atoms with E-state index >= 15 is 0 Å². The summed E-state index contributed by atoms with van der Waals surface area (Å²) in [6.45, 7) is 5.74. The highest BCUT2D eigenvalue weighted by molar-refractivity contribution is 6.33. The fourth-order valence-electron chi connectivity index (χ4n) is 3.13.